The van der Waals surface area contributed by atoms with Gasteiger partial charge in [0.25, 0.3) is 5.91 Å². The van der Waals surface area contributed by atoms with Gasteiger partial charge in [-0.1, -0.05) is 23.8 Å². The van der Waals surface area contributed by atoms with Gasteiger partial charge in [0, 0.05) is 23.8 Å². The summed E-state index contributed by atoms with van der Waals surface area (Å²) in [5, 5.41) is 10.3. The number of halogens is 1. The van der Waals surface area contributed by atoms with Crippen molar-refractivity contribution in [2.24, 2.45) is 11.8 Å². The number of aliphatic hydroxyl groups excluding tert-OH is 1. The Morgan fingerprint density at radius 1 is 1.29 bits per heavy atom. The lowest BCUT2D eigenvalue weighted by Gasteiger charge is -2.36. The first-order valence-corrected chi connectivity index (χ1v) is 12.2. The molecule has 0 aromatic heterocycles. The fourth-order valence-corrected chi connectivity index (χ4v) is 6.09. The third kappa shape index (κ3) is 4.07. The molecule has 9 heteroatoms. The van der Waals surface area contributed by atoms with Crippen LogP contribution in [0.25, 0.3) is 0 Å². The summed E-state index contributed by atoms with van der Waals surface area (Å²) >= 11 is 6.04. The minimum absolute atomic E-state index is 0.0473. The Morgan fingerprint density at radius 2 is 2.00 bits per heavy atom. The van der Waals surface area contributed by atoms with E-state index in [1.807, 2.05) is 6.92 Å². The molecule has 2 unspecified atom stereocenters. The summed E-state index contributed by atoms with van der Waals surface area (Å²) in [6, 6.07) is 5.80. The van der Waals surface area contributed by atoms with Gasteiger partial charge in [0.1, 0.15) is 17.6 Å². The predicted molar refractivity (Wildman–Crippen MR) is 131 cm³/mol. The summed E-state index contributed by atoms with van der Waals surface area (Å²) in [6.07, 6.45) is 4.70. The van der Waals surface area contributed by atoms with Crippen molar-refractivity contribution >= 4 is 35.1 Å². The Kier molecular flexibility index (Phi) is 7.09. The normalized spacial score (nSPS) is 30.8. The van der Waals surface area contributed by atoms with Gasteiger partial charge in [0.2, 0.25) is 5.91 Å². The first-order chi connectivity index (χ1) is 16.7. The van der Waals surface area contributed by atoms with Gasteiger partial charge in [-0.15, -0.1) is 13.2 Å². The molecule has 0 aliphatic carbocycles. The van der Waals surface area contributed by atoms with Crippen molar-refractivity contribution in [2.45, 2.75) is 43.4 Å². The molecule has 1 aromatic carbocycles. The minimum atomic E-state index is -1.19. The second-order valence-electron chi connectivity index (χ2n) is 9.44. The van der Waals surface area contributed by atoms with Crippen molar-refractivity contribution in [3.05, 3.63) is 54.6 Å². The smallest absolute Gasteiger partial charge is 0.312 e. The van der Waals surface area contributed by atoms with E-state index < -0.39 is 35.0 Å². The second kappa shape index (κ2) is 9.76. The number of fused-ring (bicyclic) bond motifs is 1. The lowest BCUT2D eigenvalue weighted by Crippen LogP contribution is -2.56. The maximum absolute atomic E-state index is 14.1. The Labute approximate surface area is 210 Å². The molecule has 4 rings (SSSR count). The van der Waals surface area contributed by atoms with Crippen molar-refractivity contribution in [3.63, 3.8) is 0 Å². The number of amides is 2. The molecule has 3 heterocycles. The number of aliphatic hydroxyl groups is 1. The van der Waals surface area contributed by atoms with E-state index in [1.54, 1.807) is 36.4 Å². The van der Waals surface area contributed by atoms with Gasteiger partial charge in [-0.05, 0) is 50.5 Å². The first-order valence-electron chi connectivity index (χ1n) is 11.8. The SMILES string of the molecule is C=CCCOC(=O)[C@H]1[C@H]2C(=O)N(CCO)C(C(=O)N(CC=C)c3ccc(Cl)cc3)C23CC[C@]1(C)O3. The van der Waals surface area contributed by atoms with Crippen LogP contribution in [0, 0.1) is 11.8 Å². The van der Waals surface area contributed by atoms with E-state index in [2.05, 4.69) is 13.2 Å². The average molecular weight is 503 g/mol. The maximum atomic E-state index is 14.1. The van der Waals surface area contributed by atoms with Crippen LogP contribution < -0.4 is 4.90 Å². The molecule has 3 aliphatic rings. The molecule has 3 aliphatic heterocycles. The summed E-state index contributed by atoms with van der Waals surface area (Å²) in [5.41, 5.74) is -1.51. The number of likely N-dealkylation sites (tertiary alicyclic amines) is 1. The zero-order chi connectivity index (χ0) is 25.4. The zero-order valence-corrected chi connectivity index (χ0v) is 20.6. The van der Waals surface area contributed by atoms with E-state index >= 15 is 0 Å². The van der Waals surface area contributed by atoms with Gasteiger partial charge in [-0.2, -0.15) is 0 Å². The number of esters is 1. The molecule has 1 aromatic rings. The molecule has 3 fully saturated rings. The molecule has 2 bridgehead atoms. The van der Waals surface area contributed by atoms with Gasteiger partial charge in [-0.25, -0.2) is 0 Å². The molecule has 5 atom stereocenters. The number of anilines is 1. The third-order valence-electron chi connectivity index (χ3n) is 7.39. The molecule has 8 nitrogen and oxygen atoms in total. The summed E-state index contributed by atoms with van der Waals surface area (Å²) in [6.45, 7) is 9.21. The van der Waals surface area contributed by atoms with E-state index in [1.165, 1.54) is 9.80 Å². The summed E-state index contributed by atoms with van der Waals surface area (Å²) < 4.78 is 12.0. The molecule has 1 N–H and O–H groups in total. The zero-order valence-electron chi connectivity index (χ0n) is 19.8. The third-order valence-corrected chi connectivity index (χ3v) is 7.64. The predicted octanol–water partition coefficient (Wildman–Crippen LogP) is 2.74. The molecule has 3 saturated heterocycles. The number of nitrogens with zero attached hydrogens (tertiary/aromatic N) is 2. The molecule has 1 spiro atoms. The van der Waals surface area contributed by atoms with E-state index in [9.17, 15) is 19.5 Å². The standard InChI is InChI=1S/C26H31ClN2O6/c1-4-6-16-34-24(33)20-19-22(31)29(14-15-30)21(26(19)12-11-25(20,3)35-26)23(32)28(13-5-2)18-9-7-17(27)8-10-18/h4-5,7-10,19-21,30H,1-2,6,11-16H2,3H3/t19-,20+,21?,25-,26?/m0/s1. The van der Waals surface area contributed by atoms with Crippen LogP contribution in [0.2, 0.25) is 5.02 Å². The van der Waals surface area contributed by atoms with E-state index in [4.69, 9.17) is 21.1 Å². The van der Waals surface area contributed by atoms with Crippen LogP contribution >= 0.6 is 11.6 Å². The highest BCUT2D eigenvalue weighted by molar-refractivity contribution is 6.30. The van der Waals surface area contributed by atoms with E-state index in [0.29, 0.717) is 30.0 Å². The van der Waals surface area contributed by atoms with Crippen molar-refractivity contribution in [1.82, 2.24) is 4.90 Å². The van der Waals surface area contributed by atoms with Gasteiger partial charge in [0.15, 0.2) is 0 Å². The summed E-state index contributed by atoms with van der Waals surface area (Å²) in [7, 11) is 0. The Morgan fingerprint density at radius 3 is 2.63 bits per heavy atom. The van der Waals surface area contributed by atoms with Crippen molar-refractivity contribution in [1.29, 1.82) is 0 Å². The topological polar surface area (TPSA) is 96.4 Å². The van der Waals surface area contributed by atoms with Crippen LogP contribution in [0.3, 0.4) is 0 Å². The number of hydrogen-bond acceptors (Lipinski definition) is 6. The second-order valence-corrected chi connectivity index (χ2v) is 9.88. The number of carbonyl (C=O) groups is 3. The fraction of sp³-hybridized carbons (Fsp3) is 0.500. The summed E-state index contributed by atoms with van der Waals surface area (Å²) in [4.78, 5) is 43.9. The maximum Gasteiger partial charge on any atom is 0.312 e. The monoisotopic (exact) mass is 502 g/mol. The molecule has 35 heavy (non-hydrogen) atoms. The lowest BCUT2D eigenvalue weighted by atomic mass is 9.66. The number of benzene rings is 1. The quantitative estimate of drug-likeness (QED) is 0.300. The lowest BCUT2D eigenvalue weighted by molar-refractivity contribution is -0.159. The van der Waals surface area contributed by atoms with Crippen LogP contribution in [0.4, 0.5) is 5.69 Å². The summed E-state index contributed by atoms with van der Waals surface area (Å²) in [5.74, 6) is -2.95. The van der Waals surface area contributed by atoms with Crippen LogP contribution in [0.1, 0.15) is 26.2 Å². The molecule has 0 radical (unpaired) electrons. The van der Waals surface area contributed by atoms with Crippen LogP contribution in [-0.2, 0) is 23.9 Å². The largest absolute Gasteiger partial charge is 0.465 e. The molecule has 2 amide bonds. The van der Waals surface area contributed by atoms with Crippen molar-refractivity contribution in [2.75, 3.05) is 31.2 Å². The minimum Gasteiger partial charge on any atom is -0.465 e. The highest BCUT2D eigenvalue weighted by Crippen LogP contribution is 2.63. The number of rotatable bonds is 10. The highest BCUT2D eigenvalue weighted by Gasteiger charge is 2.78. The number of ether oxygens (including phenoxy) is 2. The van der Waals surface area contributed by atoms with Gasteiger partial charge < -0.3 is 24.4 Å². The van der Waals surface area contributed by atoms with Gasteiger partial charge >= 0.3 is 5.97 Å². The fourth-order valence-electron chi connectivity index (χ4n) is 5.96. The first kappa shape index (κ1) is 25.4. The number of carbonyl (C=O) groups excluding carboxylic acids is 3. The Balaban J connectivity index is 1.74. The average Bonchev–Trinajstić information content (AvgIpc) is 3.39. The molecule has 188 valence electrons. The van der Waals surface area contributed by atoms with Crippen molar-refractivity contribution < 1.29 is 29.0 Å². The molecule has 0 saturated carbocycles. The van der Waals surface area contributed by atoms with Crippen LogP contribution in [0.15, 0.2) is 49.6 Å². The van der Waals surface area contributed by atoms with Crippen LogP contribution in [-0.4, -0.2) is 71.3 Å². The Hall–Kier alpha value is -2.68. The number of β-amino-alcohol motifs (C(OH)–C–C–N with tert-alkyl or cyclic N) is 1. The molecular weight excluding hydrogens is 472 g/mol. The van der Waals surface area contributed by atoms with E-state index in [0.717, 1.165) is 0 Å². The number of hydrogen-bond donors (Lipinski definition) is 1. The van der Waals surface area contributed by atoms with E-state index in [-0.39, 0.29) is 38.1 Å². The van der Waals surface area contributed by atoms with Gasteiger partial charge in [0.05, 0.1) is 24.7 Å². The highest BCUT2D eigenvalue weighted by atomic mass is 35.5. The molecular formula is C26H31ClN2O6. The Bertz CT molecular complexity index is 1030. The van der Waals surface area contributed by atoms with Crippen molar-refractivity contribution in [3.8, 4) is 0 Å². The van der Waals surface area contributed by atoms with Gasteiger partial charge in [-0.3, -0.25) is 14.4 Å². The van der Waals surface area contributed by atoms with Crippen LogP contribution in [0.5, 0.6) is 0 Å².